The smallest absolute Gasteiger partial charge is 0.0914 e. The van der Waals surface area contributed by atoms with Gasteiger partial charge < -0.3 is 10.4 Å². The van der Waals surface area contributed by atoms with Crippen molar-refractivity contribution < 1.29 is 5.11 Å². The Morgan fingerprint density at radius 1 is 1.21 bits per heavy atom. The van der Waals surface area contributed by atoms with E-state index in [0.717, 1.165) is 23.9 Å². The summed E-state index contributed by atoms with van der Waals surface area (Å²) in [5, 5.41) is 14.2. The van der Waals surface area contributed by atoms with Crippen LogP contribution in [0.4, 0.5) is 0 Å². The van der Waals surface area contributed by atoms with E-state index < -0.39 is 6.10 Å². The van der Waals surface area contributed by atoms with Crippen LogP contribution < -0.4 is 5.32 Å². The predicted octanol–water partition coefficient (Wildman–Crippen LogP) is 3.79. The highest BCUT2D eigenvalue weighted by molar-refractivity contribution is 6.30. The molecule has 0 aromatic heterocycles. The molecule has 0 saturated heterocycles. The van der Waals surface area contributed by atoms with Crippen LogP contribution in [0, 0.1) is 11.8 Å². The molecule has 0 bridgehead atoms. The molecule has 106 valence electrons. The molecule has 1 fully saturated rings. The van der Waals surface area contributed by atoms with Gasteiger partial charge >= 0.3 is 0 Å². The summed E-state index contributed by atoms with van der Waals surface area (Å²) in [6.45, 7) is 3.99. The second-order valence-electron chi connectivity index (χ2n) is 5.85. The summed E-state index contributed by atoms with van der Waals surface area (Å²) in [7, 11) is 0. The Morgan fingerprint density at radius 3 is 2.47 bits per heavy atom. The first-order valence-electron chi connectivity index (χ1n) is 7.29. The zero-order valence-electron chi connectivity index (χ0n) is 11.6. The molecule has 0 amide bonds. The number of aliphatic hydroxyl groups is 1. The van der Waals surface area contributed by atoms with Crippen molar-refractivity contribution in [2.45, 2.75) is 38.7 Å². The van der Waals surface area contributed by atoms with Crippen molar-refractivity contribution >= 4 is 11.6 Å². The molecule has 2 N–H and O–H groups in total. The number of rotatable bonds is 5. The molecule has 3 heteroatoms. The molecule has 1 saturated carbocycles. The van der Waals surface area contributed by atoms with E-state index in [1.807, 2.05) is 24.3 Å². The first kappa shape index (κ1) is 14.8. The number of hydrogen-bond donors (Lipinski definition) is 2. The highest BCUT2D eigenvalue weighted by atomic mass is 35.5. The van der Waals surface area contributed by atoms with E-state index in [9.17, 15) is 5.11 Å². The Hall–Kier alpha value is -0.570. The molecule has 1 aromatic carbocycles. The van der Waals surface area contributed by atoms with Gasteiger partial charge in [-0.15, -0.1) is 0 Å². The summed E-state index contributed by atoms with van der Waals surface area (Å²) in [5.41, 5.74) is 0.925. The lowest BCUT2D eigenvalue weighted by Crippen LogP contribution is -2.29. The summed E-state index contributed by atoms with van der Waals surface area (Å²) in [6.07, 6.45) is 4.91. The Kier molecular flexibility index (Phi) is 5.68. The third-order valence-corrected chi connectivity index (χ3v) is 4.41. The highest BCUT2D eigenvalue weighted by Crippen LogP contribution is 2.27. The lowest BCUT2D eigenvalue weighted by Gasteiger charge is -2.26. The predicted molar refractivity (Wildman–Crippen MR) is 80.4 cm³/mol. The van der Waals surface area contributed by atoms with Crippen LogP contribution >= 0.6 is 11.6 Å². The normalized spacial score (nSPS) is 25.2. The van der Waals surface area contributed by atoms with E-state index in [-0.39, 0.29) is 0 Å². The minimum atomic E-state index is -0.445. The molecule has 1 aromatic rings. The van der Waals surface area contributed by atoms with Crippen LogP contribution in [0.3, 0.4) is 0 Å². The van der Waals surface area contributed by atoms with Gasteiger partial charge in [0.25, 0.3) is 0 Å². The molecule has 0 radical (unpaired) electrons. The highest BCUT2D eigenvalue weighted by Gasteiger charge is 2.18. The van der Waals surface area contributed by atoms with E-state index >= 15 is 0 Å². The maximum atomic E-state index is 10.1. The average molecular weight is 282 g/mol. The van der Waals surface area contributed by atoms with Gasteiger partial charge in [0.15, 0.2) is 0 Å². The number of hydrogen-bond acceptors (Lipinski definition) is 2. The SMILES string of the molecule is CC1CCC(CNCC(O)c2ccc(Cl)cc2)CC1. The van der Waals surface area contributed by atoms with Crippen LogP contribution in [0.5, 0.6) is 0 Å². The topological polar surface area (TPSA) is 32.3 Å². The molecule has 1 aliphatic carbocycles. The number of benzene rings is 1. The molecule has 0 spiro atoms. The van der Waals surface area contributed by atoms with Crippen LogP contribution in [-0.2, 0) is 0 Å². The van der Waals surface area contributed by atoms with Crippen LogP contribution in [0.2, 0.25) is 5.02 Å². The van der Waals surface area contributed by atoms with Crippen LogP contribution in [-0.4, -0.2) is 18.2 Å². The first-order chi connectivity index (χ1) is 9.15. The molecule has 2 rings (SSSR count). The molecule has 0 aliphatic heterocycles. The Balaban J connectivity index is 1.69. The van der Waals surface area contributed by atoms with Crippen molar-refractivity contribution in [2.24, 2.45) is 11.8 Å². The third kappa shape index (κ3) is 4.79. The zero-order chi connectivity index (χ0) is 13.7. The lowest BCUT2D eigenvalue weighted by molar-refractivity contribution is 0.169. The molecular weight excluding hydrogens is 258 g/mol. The van der Waals surface area contributed by atoms with Crippen molar-refractivity contribution in [1.82, 2.24) is 5.32 Å². The van der Waals surface area contributed by atoms with Crippen LogP contribution in [0.1, 0.15) is 44.3 Å². The summed E-state index contributed by atoms with van der Waals surface area (Å²) in [6, 6.07) is 7.42. The molecule has 2 nitrogen and oxygen atoms in total. The van der Waals surface area contributed by atoms with Gasteiger partial charge in [0.05, 0.1) is 6.10 Å². The van der Waals surface area contributed by atoms with Crippen molar-refractivity contribution in [3.05, 3.63) is 34.9 Å². The standard InChI is InChI=1S/C16H24ClNO/c1-12-2-4-13(5-3-12)10-18-11-16(19)14-6-8-15(17)9-7-14/h6-9,12-13,16,18-19H,2-5,10-11H2,1H3. The minimum absolute atomic E-state index is 0.445. The monoisotopic (exact) mass is 281 g/mol. The maximum Gasteiger partial charge on any atom is 0.0914 e. The Morgan fingerprint density at radius 2 is 1.84 bits per heavy atom. The summed E-state index contributed by atoms with van der Waals surface area (Å²) < 4.78 is 0. The van der Waals surface area contributed by atoms with Gasteiger partial charge in [-0.05, 0) is 48.9 Å². The van der Waals surface area contributed by atoms with Gasteiger partial charge in [0, 0.05) is 11.6 Å². The van der Waals surface area contributed by atoms with Gasteiger partial charge in [0.2, 0.25) is 0 Å². The van der Waals surface area contributed by atoms with Gasteiger partial charge in [-0.3, -0.25) is 0 Å². The number of halogens is 1. The third-order valence-electron chi connectivity index (χ3n) is 4.16. The van der Waals surface area contributed by atoms with E-state index in [4.69, 9.17) is 11.6 Å². The Labute approximate surface area is 121 Å². The van der Waals surface area contributed by atoms with Crippen LogP contribution in [0.15, 0.2) is 24.3 Å². The fourth-order valence-corrected chi connectivity index (χ4v) is 2.89. The molecule has 1 aliphatic rings. The second-order valence-corrected chi connectivity index (χ2v) is 6.29. The summed E-state index contributed by atoms with van der Waals surface area (Å²) in [5.74, 6) is 1.68. The number of nitrogens with one attached hydrogen (secondary N) is 1. The molecule has 19 heavy (non-hydrogen) atoms. The van der Waals surface area contributed by atoms with E-state index in [2.05, 4.69) is 12.2 Å². The van der Waals surface area contributed by atoms with Crippen molar-refractivity contribution in [2.75, 3.05) is 13.1 Å². The van der Waals surface area contributed by atoms with E-state index in [0.29, 0.717) is 11.6 Å². The van der Waals surface area contributed by atoms with Gasteiger partial charge in [-0.25, -0.2) is 0 Å². The van der Waals surface area contributed by atoms with Crippen molar-refractivity contribution in [1.29, 1.82) is 0 Å². The maximum absolute atomic E-state index is 10.1. The second kappa shape index (κ2) is 7.28. The first-order valence-corrected chi connectivity index (χ1v) is 7.67. The average Bonchev–Trinajstić information content (AvgIpc) is 2.41. The van der Waals surface area contributed by atoms with Crippen LogP contribution in [0.25, 0.3) is 0 Å². The molecular formula is C16H24ClNO. The lowest BCUT2D eigenvalue weighted by atomic mass is 9.83. The van der Waals surface area contributed by atoms with E-state index in [1.54, 1.807) is 0 Å². The van der Waals surface area contributed by atoms with Crippen molar-refractivity contribution in [3.8, 4) is 0 Å². The van der Waals surface area contributed by atoms with E-state index in [1.165, 1.54) is 25.7 Å². The fourth-order valence-electron chi connectivity index (χ4n) is 2.76. The fraction of sp³-hybridized carbons (Fsp3) is 0.625. The zero-order valence-corrected chi connectivity index (χ0v) is 12.4. The molecule has 1 atom stereocenters. The summed E-state index contributed by atoms with van der Waals surface area (Å²) >= 11 is 5.84. The number of aliphatic hydroxyl groups excluding tert-OH is 1. The van der Waals surface area contributed by atoms with Gasteiger partial charge in [0.1, 0.15) is 0 Å². The van der Waals surface area contributed by atoms with Crippen molar-refractivity contribution in [3.63, 3.8) is 0 Å². The molecule has 1 unspecified atom stereocenters. The quantitative estimate of drug-likeness (QED) is 0.861. The molecule has 0 heterocycles. The van der Waals surface area contributed by atoms with Gasteiger partial charge in [-0.1, -0.05) is 43.5 Å². The Bertz CT molecular complexity index is 371. The van der Waals surface area contributed by atoms with Gasteiger partial charge in [-0.2, -0.15) is 0 Å². The summed E-state index contributed by atoms with van der Waals surface area (Å²) in [4.78, 5) is 0. The largest absolute Gasteiger partial charge is 0.387 e. The minimum Gasteiger partial charge on any atom is -0.387 e.